The third-order valence-corrected chi connectivity index (χ3v) is 5.39. The lowest BCUT2D eigenvalue weighted by Gasteiger charge is -2.23. The predicted octanol–water partition coefficient (Wildman–Crippen LogP) is 5.15. The fourth-order valence-corrected chi connectivity index (χ4v) is 3.75. The summed E-state index contributed by atoms with van der Waals surface area (Å²) in [5, 5.41) is 6.42. The molecular weight excluding hydrogens is 376 g/mol. The van der Waals surface area contributed by atoms with E-state index < -0.39 is 0 Å². The van der Waals surface area contributed by atoms with Gasteiger partial charge in [-0.3, -0.25) is 4.79 Å². The molecule has 0 atom stereocenters. The van der Waals surface area contributed by atoms with Crippen LogP contribution in [0.15, 0.2) is 60.9 Å². The number of hydrogen-bond donors (Lipinski definition) is 2. The maximum Gasteiger partial charge on any atom is 0.255 e. The molecule has 1 aliphatic rings. The molecule has 0 unspecified atom stereocenters. The second-order valence-corrected chi connectivity index (χ2v) is 7.53. The van der Waals surface area contributed by atoms with Gasteiger partial charge in [-0.25, -0.2) is 9.97 Å². The normalized spacial score (nSPS) is 14.2. The molecule has 0 aliphatic heterocycles. The lowest BCUT2D eigenvalue weighted by Crippen LogP contribution is -2.22. The van der Waals surface area contributed by atoms with Crippen LogP contribution in [0.3, 0.4) is 0 Å². The van der Waals surface area contributed by atoms with E-state index >= 15 is 0 Å². The van der Waals surface area contributed by atoms with Crippen molar-refractivity contribution < 1.29 is 9.53 Å². The Morgan fingerprint density at radius 3 is 2.57 bits per heavy atom. The van der Waals surface area contributed by atoms with Crippen LogP contribution in [0.1, 0.15) is 42.5 Å². The Hall–Kier alpha value is -3.41. The van der Waals surface area contributed by atoms with E-state index in [1.54, 1.807) is 31.6 Å². The van der Waals surface area contributed by atoms with Crippen LogP contribution in [0.25, 0.3) is 11.3 Å². The number of methoxy groups -OCH3 is 1. The van der Waals surface area contributed by atoms with Gasteiger partial charge in [0, 0.05) is 35.0 Å². The molecule has 154 valence electrons. The highest BCUT2D eigenvalue weighted by atomic mass is 16.5. The summed E-state index contributed by atoms with van der Waals surface area (Å²) in [6.45, 7) is 0. The molecule has 2 aromatic carbocycles. The minimum absolute atomic E-state index is 0.169. The quantitative estimate of drug-likeness (QED) is 0.596. The molecule has 1 aromatic heterocycles. The van der Waals surface area contributed by atoms with Crippen molar-refractivity contribution >= 4 is 17.4 Å². The first-order valence-corrected chi connectivity index (χ1v) is 10.4. The van der Waals surface area contributed by atoms with Gasteiger partial charge < -0.3 is 15.4 Å². The maximum atomic E-state index is 12.5. The average Bonchev–Trinajstić information content (AvgIpc) is 2.80. The molecule has 4 rings (SSSR count). The van der Waals surface area contributed by atoms with Crippen LogP contribution in [0, 0.1) is 0 Å². The van der Waals surface area contributed by atoms with E-state index in [9.17, 15) is 4.79 Å². The molecule has 1 fully saturated rings. The smallest absolute Gasteiger partial charge is 0.255 e. The molecule has 3 aromatic rings. The van der Waals surface area contributed by atoms with E-state index in [2.05, 4.69) is 20.6 Å². The molecule has 2 N–H and O–H groups in total. The first-order valence-electron chi connectivity index (χ1n) is 10.4. The number of aromatic nitrogens is 2. The fourth-order valence-electron chi connectivity index (χ4n) is 3.75. The van der Waals surface area contributed by atoms with Gasteiger partial charge in [-0.1, -0.05) is 37.5 Å². The number of benzene rings is 2. The van der Waals surface area contributed by atoms with Gasteiger partial charge in [0.1, 0.15) is 17.9 Å². The van der Waals surface area contributed by atoms with Crippen LogP contribution in [0.2, 0.25) is 0 Å². The van der Waals surface area contributed by atoms with E-state index in [-0.39, 0.29) is 5.91 Å². The molecule has 1 heterocycles. The Bertz CT molecular complexity index is 998. The summed E-state index contributed by atoms with van der Waals surface area (Å²) in [6, 6.07) is 17.2. The van der Waals surface area contributed by atoms with Gasteiger partial charge in [-0.05, 0) is 37.1 Å². The molecule has 6 heteroatoms. The number of nitrogens with zero attached hydrogens (tertiary/aromatic N) is 2. The number of amides is 1. The Balaban J connectivity index is 1.43. The van der Waals surface area contributed by atoms with Gasteiger partial charge in [0.25, 0.3) is 5.91 Å². The second kappa shape index (κ2) is 9.39. The number of nitrogens with one attached hydrogen (secondary N) is 2. The van der Waals surface area contributed by atoms with E-state index in [4.69, 9.17) is 4.74 Å². The van der Waals surface area contributed by atoms with E-state index in [0.29, 0.717) is 23.0 Å². The molecule has 30 heavy (non-hydrogen) atoms. The minimum atomic E-state index is -0.169. The van der Waals surface area contributed by atoms with E-state index in [1.165, 1.54) is 32.1 Å². The summed E-state index contributed by atoms with van der Waals surface area (Å²) < 4.78 is 5.20. The van der Waals surface area contributed by atoms with E-state index in [1.807, 2.05) is 36.4 Å². The van der Waals surface area contributed by atoms with Crippen molar-refractivity contribution in [3.8, 4) is 17.0 Å². The first kappa shape index (κ1) is 19.9. The lowest BCUT2D eigenvalue weighted by atomic mass is 9.95. The third-order valence-electron chi connectivity index (χ3n) is 5.39. The van der Waals surface area contributed by atoms with Crippen molar-refractivity contribution in [3.63, 3.8) is 0 Å². The highest BCUT2D eigenvalue weighted by Gasteiger charge is 2.14. The lowest BCUT2D eigenvalue weighted by molar-refractivity contribution is 0.102. The zero-order valence-corrected chi connectivity index (χ0v) is 17.1. The van der Waals surface area contributed by atoms with Crippen LogP contribution < -0.4 is 15.4 Å². The third kappa shape index (κ3) is 4.95. The zero-order valence-electron chi connectivity index (χ0n) is 17.1. The van der Waals surface area contributed by atoms with Crippen molar-refractivity contribution in [3.05, 3.63) is 66.5 Å². The Morgan fingerprint density at radius 2 is 1.80 bits per heavy atom. The number of carbonyl (C=O) groups is 1. The zero-order chi connectivity index (χ0) is 20.8. The topological polar surface area (TPSA) is 76.1 Å². The molecular formula is C24H26N4O2. The van der Waals surface area contributed by atoms with Crippen LogP contribution in [0.5, 0.6) is 5.75 Å². The SMILES string of the molecule is COc1cccc(NC(=O)c2ccc(-c3cc(NC4CCCCC4)ncn3)cc2)c1. The maximum absolute atomic E-state index is 12.5. The molecule has 0 radical (unpaired) electrons. The minimum Gasteiger partial charge on any atom is -0.497 e. The highest BCUT2D eigenvalue weighted by Crippen LogP contribution is 2.24. The highest BCUT2D eigenvalue weighted by molar-refractivity contribution is 6.04. The predicted molar refractivity (Wildman–Crippen MR) is 119 cm³/mol. The van der Waals surface area contributed by atoms with Gasteiger partial charge in [0.15, 0.2) is 0 Å². The second-order valence-electron chi connectivity index (χ2n) is 7.53. The summed E-state index contributed by atoms with van der Waals surface area (Å²) in [4.78, 5) is 21.3. The number of rotatable bonds is 6. The van der Waals surface area contributed by atoms with Crippen molar-refractivity contribution in [1.29, 1.82) is 0 Å². The molecule has 0 bridgehead atoms. The standard InChI is InChI=1S/C24H26N4O2/c1-30-21-9-5-8-20(14-21)28-24(29)18-12-10-17(11-13-18)22-15-23(26-16-25-22)27-19-6-3-2-4-7-19/h5,8-16,19H,2-4,6-7H2,1H3,(H,28,29)(H,25,26,27). The van der Waals surface area contributed by atoms with Crippen LogP contribution >= 0.6 is 0 Å². The Morgan fingerprint density at radius 1 is 1.00 bits per heavy atom. The van der Waals surface area contributed by atoms with Gasteiger partial charge >= 0.3 is 0 Å². The van der Waals surface area contributed by atoms with Gasteiger partial charge in [-0.2, -0.15) is 0 Å². The molecule has 1 amide bonds. The van der Waals surface area contributed by atoms with Gasteiger partial charge in [0.05, 0.1) is 12.8 Å². The van der Waals surface area contributed by atoms with Crippen LogP contribution in [-0.2, 0) is 0 Å². The number of hydrogen-bond acceptors (Lipinski definition) is 5. The molecule has 1 aliphatic carbocycles. The van der Waals surface area contributed by atoms with Crippen molar-refractivity contribution in [2.75, 3.05) is 17.7 Å². The summed E-state index contributed by atoms with van der Waals surface area (Å²) in [7, 11) is 1.60. The van der Waals surface area contributed by atoms with Crippen LogP contribution in [-0.4, -0.2) is 29.0 Å². The number of anilines is 2. The van der Waals surface area contributed by atoms with Crippen molar-refractivity contribution in [2.24, 2.45) is 0 Å². The average molecular weight is 402 g/mol. The number of ether oxygens (including phenoxy) is 1. The Kier molecular flexibility index (Phi) is 6.23. The fraction of sp³-hybridized carbons (Fsp3) is 0.292. The molecule has 0 saturated heterocycles. The van der Waals surface area contributed by atoms with Gasteiger partial charge in [0.2, 0.25) is 0 Å². The van der Waals surface area contributed by atoms with Crippen molar-refractivity contribution in [2.45, 2.75) is 38.1 Å². The molecule has 0 spiro atoms. The van der Waals surface area contributed by atoms with E-state index in [0.717, 1.165) is 17.1 Å². The first-order chi connectivity index (χ1) is 14.7. The Labute approximate surface area is 176 Å². The molecule has 1 saturated carbocycles. The number of carbonyl (C=O) groups excluding carboxylic acids is 1. The summed E-state index contributed by atoms with van der Waals surface area (Å²) in [5.74, 6) is 1.38. The summed E-state index contributed by atoms with van der Waals surface area (Å²) in [5.41, 5.74) is 3.05. The van der Waals surface area contributed by atoms with Crippen molar-refractivity contribution in [1.82, 2.24) is 9.97 Å². The van der Waals surface area contributed by atoms with Gasteiger partial charge in [-0.15, -0.1) is 0 Å². The summed E-state index contributed by atoms with van der Waals surface area (Å²) >= 11 is 0. The molecule has 6 nitrogen and oxygen atoms in total. The van der Waals surface area contributed by atoms with Crippen LogP contribution in [0.4, 0.5) is 11.5 Å². The summed E-state index contributed by atoms with van der Waals surface area (Å²) in [6.07, 6.45) is 7.84. The largest absolute Gasteiger partial charge is 0.497 e. The monoisotopic (exact) mass is 402 g/mol.